The molecule has 0 spiro atoms. The van der Waals surface area contributed by atoms with E-state index in [-0.39, 0.29) is 6.04 Å². The molecule has 70 valence electrons. The normalized spacial score (nSPS) is 56.2. The second-order valence-corrected chi connectivity index (χ2v) is 5.37. The molecule has 0 saturated heterocycles. The van der Waals surface area contributed by atoms with Crippen molar-refractivity contribution in [1.29, 1.82) is 0 Å². The zero-order valence-electron chi connectivity index (χ0n) is 8.17. The standard InChI is InChI=1S/C10H19NO/c1-9(2)6-4-7(9)10(3,12)8(11)5-6/h6-8,12H,4-5,11H2,1-3H3/t6?,7-,8+,10-/m1/s1. The van der Waals surface area contributed by atoms with Crippen LogP contribution in [0.25, 0.3) is 0 Å². The molecule has 2 nitrogen and oxygen atoms in total. The first kappa shape index (κ1) is 8.52. The SMILES string of the molecule is CC1(C)C2C[C@H]1[C@@](C)(O)[C@@H](N)C2. The second-order valence-electron chi connectivity index (χ2n) is 5.37. The van der Waals surface area contributed by atoms with Crippen LogP contribution in [0.3, 0.4) is 0 Å². The minimum absolute atomic E-state index is 0.00530. The van der Waals surface area contributed by atoms with E-state index < -0.39 is 5.60 Å². The van der Waals surface area contributed by atoms with E-state index in [9.17, 15) is 5.11 Å². The maximum Gasteiger partial charge on any atom is 0.0803 e. The first-order valence-electron chi connectivity index (χ1n) is 4.84. The summed E-state index contributed by atoms with van der Waals surface area (Å²) in [6.45, 7) is 6.41. The van der Waals surface area contributed by atoms with Crippen LogP contribution in [0.5, 0.6) is 0 Å². The predicted octanol–water partition coefficient (Wildman–Crippen LogP) is 1.13. The molecule has 3 rings (SSSR count). The molecule has 1 unspecified atom stereocenters. The molecule has 3 aliphatic rings. The van der Waals surface area contributed by atoms with Crippen LogP contribution in [0.15, 0.2) is 0 Å². The Morgan fingerprint density at radius 3 is 2.17 bits per heavy atom. The quantitative estimate of drug-likeness (QED) is 0.571. The first-order chi connectivity index (χ1) is 5.37. The Hall–Kier alpha value is -0.0800. The van der Waals surface area contributed by atoms with E-state index in [1.54, 1.807) is 0 Å². The molecule has 0 aromatic rings. The molecular formula is C10H19NO. The van der Waals surface area contributed by atoms with Crippen molar-refractivity contribution in [2.24, 2.45) is 23.0 Å². The average molecular weight is 169 g/mol. The number of nitrogens with two attached hydrogens (primary N) is 1. The highest BCUT2D eigenvalue weighted by Crippen LogP contribution is 2.62. The van der Waals surface area contributed by atoms with E-state index in [1.807, 2.05) is 6.92 Å². The molecule has 3 aliphatic carbocycles. The van der Waals surface area contributed by atoms with Gasteiger partial charge in [0.1, 0.15) is 0 Å². The van der Waals surface area contributed by atoms with Crippen LogP contribution >= 0.6 is 0 Å². The van der Waals surface area contributed by atoms with Gasteiger partial charge in [-0.15, -0.1) is 0 Å². The van der Waals surface area contributed by atoms with Crippen molar-refractivity contribution in [2.75, 3.05) is 0 Å². The highest BCUT2D eigenvalue weighted by Gasteiger charge is 2.61. The minimum Gasteiger partial charge on any atom is -0.388 e. The summed E-state index contributed by atoms with van der Waals surface area (Å²) in [5.74, 6) is 1.16. The number of fused-ring (bicyclic) bond motifs is 2. The number of hydrogen-bond acceptors (Lipinski definition) is 2. The molecule has 0 heterocycles. The summed E-state index contributed by atoms with van der Waals surface area (Å²) >= 11 is 0. The zero-order valence-corrected chi connectivity index (χ0v) is 8.17. The van der Waals surface area contributed by atoms with Gasteiger partial charge in [-0.1, -0.05) is 13.8 Å². The second kappa shape index (κ2) is 2.05. The molecule has 3 saturated carbocycles. The Morgan fingerprint density at radius 2 is 1.83 bits per heavy atom. The fourth-order valence-electron chi connectivity index (χ4n) is 3.21. The lowest BCUT2D eigenvalue weighted by atomic mass is 9.43. The van der Waals surface area contributed by atoms with Crippen molar-refractivity contribution in [3.05, 3.63) is 0 Å². The van der Waals surface area contributed by atoms with E-state index in [4.69, 9.17) is 5.73 Å². The van der Waals surface area contributed by atoms with Gasteiger partial charge < -0.3 is 10.8 Å². The van der Waals surface area contributed by atoms with Gasteiger partial charge in [0.15, 0.2) is 0 Å². The van der Waals surface area contributed by atoms with Crippen molar-refractivity contribution in [3.8, 4) is 0 Å². The van der Waals surface area contributed by atoms with Crippen LogP contribution in [0.2, 0.25) is 0 Å². The molecule has 2 heteroatoms. The Morgan fingerprint density at radius 1 is 1.25 bits per heavy atom. The van der Waals surface area contributed by atoms with E-state index in [1.165, 1.54) is 6.42 Å². The van der Waals surface area contributed by atoms with Crippen molar-refractivity contribution in [3.63, 3.8) is 0 Å². The lowest BCUT2D eigenvalue weighted by molar-refractivity contribution is -0.202. The van der Waals surface area contributed by atoms with Crippen molar-refractivity contribution in [1.82, 2.24) is 0 Å². The molecule has 3 N–H and O–H groups in total. The molecule has 0 aromatic carbocycles. The highest BCUT2D eigenvalue weighted by atomic mass is 16.3. The van der Waals surface area contributed by atoms with Crippen molar-refractivity contribution < 1.29 is 5.11 Å². The van der Waals surface area contributed by atoms with Crippen LogP contribution in [0, 0.1) is 17.3 Å². The van der Waals surface area contributed by atoms with Crippen LogP contribution in [0.1, 0.15) is 33.6 Å². The summed E-state index contributed by atoms with van der Waals surface area (Å²) in [5, 5.41) is 10.2. The molecule has 0 aliphatic heterocycles. The lowest BCUT2D eigenvalue weighted by Gasteiger charge is -2.64. The summed E-state index contributed by atoms with van der Waals surface area (Å²) in [7, 11) is 0. The van der Waals surface area contributed by atoms with E-state index in [0.29, 0.717) is 11.3 Å². The number of aliphatic hydroxyl groups is 1. The van der Waals surface area contributed by atoms with E-state index in [2.05, 4.69) is 13.8 Å². The third kappa shape index (κ3) is 0.775. The topological polar surface area (TPSA) is 46.2 Å². The van der Waals surface area contributed by atoms with Crippen LogP contribution in [0.4, 0.5) is 0 Å². The van der Waals surface area contributed by atoms with Gasteiger partial charge in [0.05, 0.1) is 5.60 Å². The first-order valence-corrected chi connectivity index (χ1v) is 4.84. The van der Waals surface area contributed by atoms with Gasteiger partial charge in [0.25, 0.3) is 0 Å². The van der Waals surface area contributed by atoms with Crippen molar-refractivity contribution >= 4 is 0 Å². The van der Waals surface area contributed by atoms with E-state index in [0.717, 1.165) is 12.3 Å². The monoisotopic (exact) mass is 169 g/mol. The molecule has 2 bridgehead atoms. The summed E-state index contributed by atoms with van der Waals surface area (Å²) in [6.07, 6.45) is 2.17. The third-order valence-electron chi connectivity index (χ3n) is 4.47. The van der Waals surface area contributed by atoms with Crippen molar-refractivity contribution in [2.45, 2.75) is 45.3 Å². The highest BCUT2D eigenvalue weighted by molar-refractivity contribution is 5.13. The summed E-state index contributed by atoms with van der Waals surface area (Å²) in [4.78, 5) is 0. The smallest absolute Gasteiger partial charge is 0.0803 e. The Balaban J connectivity index is 2.27. The maximum atomic E-state index is 10.2. The molecule has 12 heavy (non-hydrogen) atoms. The van der Waals surface area contributed by atoms with Gasteiger partial charge in [-0.25, -0.2) is 0 Å². The molecule has 0 aromatic heterocycles. The fourth-order valence-corrected chi connectivity index (χ4v) is 3.21. The van der Waals surface area contributed by atoms with Crippen LogP contribution in [-0.2, 0) is 0 Å². The van der Waals surface area contributed by atoms with Gasteiger partial charge in [0, 0.05) is 6.04 Å². The molecule has 0 amide bonds. The number of rotatable bonds is 0. The van der Waals surface area contributed by atoms with Gasteiger partial charge in [-0.05, 0) is 37.0 Å². The Bertz CT molecular complexity index is 210. The summed E-state index contributed by atoms with van der Waals surface area (Å²) < 4.78 is 0. The largest absolute Gasteiger partial charge is 0.388 e. The van der Waals surface area contributed by atoms with Crippen LogP contribution in [-0.4, -0.2) is 16.7 Å². The summed E-state index contributed by atoms with van der Waals surface area (Å²) in [5.41, 5.74) is 5.60. The maximum absolute atomic E-state index is 10.2. The minimum atomic E-state index is -0.627. The Labute approximate surface area is 74.1 Å². The molecular weight excluding hydrogens is 150 g/mol. The third-order valence-corrected chi connectivity index (χ3v) is 4.47. The predicted molar refractivity (Wildman–Crippen MR) is 48.6 cm³/mol. The lowest BCUT2D eigenvalue weighted by Crippen LogP contribution is -2.68. The molecule has 0 radical (unpaired) electrons. The van der Waals surface area contributed by atoms with Crippen LogP contribution < -0.4 is 5.73 Å². The fraction of sp³-hybridized carbons (Fsp3) is 1.00. The molecule has 4 atom stereocenters. The van der Waals surface area contributed by atoms with Gasteiger partial charge in [-0.3, -0.25) is 0 Å². The van der Waals surface area contributed by atoms with Gasteiger partial charge in [0.2, 0.25) is 0 Å². The van der Waals surface area contributed by atoms with Gasteiger partial charge >= 0.3 is 0 Å². The molecule has 3 fully saturated rings. The van der Waals surface area contributed by atoms with Gasteiger partial charge in [-0.2, -0.15) is 0 Å². The zero-order chi connectivity index (χ0) is 9.15. The van der Waals surface area contributed by atoms with E-state index >= 15 is 0 Å². The number of hydrogen-bond donors (Lipinski definition) is 2. The average Bonchev–Trinajstić information content (AvgIpc) is 1.93. The Kier molecular flexibility index (Phi) is 1.45. The summed E-state index contributed by atoms with van der Waals surface area (Å²) in [6, 6.07) is -0.00530.